The minimum Gasteiger partial charge on any atom is -0.460 e. The van der Waals surface area contributed by atoms with Crippen LogP contribution in [0.1, 0.15) is 32.3 Å². The molecule has 120 valence electrons. The Labute approximate surface area is 128 Å². The van der Waals surface area contributed by atoms with Crippen LogP contribution < -0.4 is 10.8 Å². The van der Waals surface area contributed by atoms with Crippen molar-refractivity contribution in [1.82, 2.24) is 5.48 Å². The Balaban J connectivity index is 2.43. The summed E-state index contributed by atoms with van der Waals surface area (Å²) in [7, 11) is 0. The maximum absolute atomic E-state index is 11.5. The van der Waals surface area contributed by atoms with Gasteiger partial charge in [-0.25, -0.2) is 4.79 Å². The molecule has 7 heteroatoms. The Kier molecular flexibility index (Phi) is 7.45. The number of anilines is 1. The first-order chi connectivity index (χ1) is 10.5. The molecule has 0 heterocycles. The Bertz CT molecular complexity index is 530. The number of nitrogens with one attached hydrogen (secondary N) is 2. The molecule has 0 aliphatic carbocycles. The molecule has 1 rings (SSSR count). The summed E-state index contributed by atoms with van der Waals surface area (Å²) in [5.41, 5.74) is 3.56. The number of amides is 1. The van der Waals surface area contributed by atoms with Gasteiger partial charge in [0.25, 0.3) is 0 Å². The number of benzene rings is 1. The lowest BCUT2D eigenvalue weighted by Gasteiger charge is -2.11. The van der Waals surface area contributed by atoms with Gasteiger partial charge in [-0.15, -0.1) is 0 Å². The summed E-state index contributed by atoms with van der Waals surface area (Å²) in [4.78, 5) is 37.7. The Hall–Kier alpha value is -2.57. The van der Waals surface area contributed by atoms with E-state index in [-0.39, 0.29) is 6.61 Å². The number of para-hydroxylation sites is 1. The highest BCUT2D eigenvalue weighted by Crippen LogP contribution is 2.16. The summed E-state index contributed by atoms with van der Waals surface area (Å²) in [6, 6.07) is 7.45. The van der Waals surface area contributed by atoms with E-state index in [1.807, 2.05) is 29.7 Å². The summed E-state index contributed by atoms with van der Waals surface area (Å²) in [5, 5.41) is 3.23. The number of esters is 1. The number of carbonyl (C=O) groups excluding carboxylic acids is 3. The molecule has 7 nitrogen and oxygen atoms in total. The largest absolute Gasteiger partial charge is 0.460 e. The first kappa shape index (κ1) is 17.5. The third-order valence-corrected chi connectivity index (χ3v) is 2.57. The molecule has 0 saturated carbocycles. The van der Waals surface area contributed by atoms with Gasteiger partial charge in [-0.1, -0.05) is 25.1 Å². The molecule has 1 aromatic rings. The first-order valence-electron chi connectivity index (χ1n) is 6.96. The number of hydrogen-bond donors (Lipinski definition) is 2. The SMILES string of the molecule is CCCNc1ccccc1COC(=O)CC(=O)ONC(C)=O. The molecule has 0 radical (unpaired) electrons. The number of carbonyl (C=O) groups is 3. The van der Waals surface area contributed by atoms with Gasteiger partial charge in [-0.05, 0) is 12.5 Å². The summed E-state index contributed by atoms with van der Waals surface area (Å²) in [5.74, 6) is -2.13. The lowest BCUT2D eigenvalue weighted by Crippen LogP contribution is -2.26. The summed E-state index contributed by atoms with van der Waals surface area (Å²) < 4.78 is 5.03. The van der Waals surface area contributed by atoms with Gasteiger partial charge in [0.05, 0.1) is 0 Å². The fourth-order valence-electron chi connectivity index (χ4n) is 1.57. The van der Waals surface area contributed by atoms with Crippen LogP contribution in [0.15, 0.2) is 24.3 Å². The molecular weight excluding hydrogens is 288 g/mol. The van der Waals surface area contributed by atoms with Crippen LogP contribution >= 0.6 is 0 Å². The van der Waals surface area contributed by atoms with Crippen molar-refractivity contribution in [3.8, 4) is 0 Å². The van der Waals surface area contributed by atoms with Crippen molar-refractivity contribution < 1.29 is 24.0 Å². The predicted molar refractivity (Wildman–Crippen MR) is 79.5 cm³/mol. The second-order valence-corrected chi connectivity index (χ2v) is 4.55. The van der Waals surface area contributed by atoms with Crippen LogP contribution in [-0.4, -0.2) is 24.4 Å². The fourth-order valence-corrected chi connectivity index (χ4v) is 1.57. The van der Waals surface area contributed by atoms with E-state index in [2.05, 4.69) is 17.1 Å². The van der Waals surface area contributed by atoms with Crippen LogP contribution in [-0.2, 0) is 30.6 Å². The zero-order chi connectivity index (χ0) is 16.4. The van der Waals surface area contributed by atoms with Gasteiger partial charge in [0.15, 0.2) is 0 Å². The van der Waals surface area contributed by atoms with Crippen LogP contribution in [0.4, 0.5) is 5.69 Å². The fraction of sp³-hybridized carbons (Fsp3) is 0.400. The second kappa shape index (κ2) is 9.38. The van der Waals surface area contributed by atoms with Gasteiger partial charge in [-0.2, -0.15) is 5.48 Å². The highest BCUT2D eigenvalue weighted by Gasteiger charge is 2.14. The molecule has 0 atom stereocenters. The smallest absolute Gasteiger partial charge is 0.343 e. The zero-order valence-corrected chi connectivity index (χ0v) is 12.7. The molecule has 0 aromatic heterocycles. The van der Waals surface area contributed by atoms with Gasteiger partial charge in [0.1, 0.15) is 13.0 Å². The lowest BCUT2D eigenvalue weighted by atomic mass is 10.2. The van der Waals surface area contributed by atoms with E-state index < -0.39 is 24.3 Å². The highest BCUT2D eigenvalue weighted by molar-refractivity contribution is 5.91. The van der Waals surface area contributed by atoms with Gasteiger partial charge < -0.3 is 14.9 Å². The van der Waals surface area contributed by atoms with Crippen LogP contribution in [0.2, 0.25) is 0 Å². The number of hydroxylamine groups is 1. The molecular formula is C15H20N2O5. The molecule has 1 amide bonds. The summed E-state index contributed by atoms with van der Waals surface area (Å²) in [6.07, 6.45) is 0.411. The third kappa shape index (κ3) is 6.74. The third-order valence-electron chi connectivity index (χ3n) is 2.57. The van der Waals surface area contributed by atoms with Crippen molar-refractivity contribution in [2.24, 2.45) is 0 Å². The highest BCUT2D eigenvalue weighted by atomic mass is 16.7. The van der Waals surface area contributed by atoms with Crippen LogP contribution in [0.25, 0.3) is 0 Å². The quantitative estimate of drug-likeness (QED) is 0.451. The lowest BCUT2D eigenvalue weighted by molar-refractivity contribution is -0.163. The average molecular weight is 308 g/mol. The summed E-state index contributed by atoms with van der Waals surface area (Å²) >= 11 is 0. The number of hydrogen-bond acceptors (Lipinski definition) is 6. The summed E-state index contributed by atoms with van der Waals surface area (Å²) in [6.45, 7) is 4.11. The van der Waals surface area contributed by atoms with Crippen molar-refractivity contribution in [3.63, 3.8) is 0 Å². The molecule has 0 spiro atoms. The molecule has 0 aliphatic rings. The predicted octanol–water partition coefficient (Wildman–Crippen LogP) is 1.54. The van der Waals surface area contributed by atoms with E-state index in [1.54, 1.807) is 0 Å². The minimum absolute atomic E-state index is 0.0547. The van der Waals surface area contributed by atoms with E-state index >= 15 is 0 Å². The van der Waals surface area contributed by atoms with Gasteiger partial charge in [0.2, 0.25) is 5.91 Å². The van der Waals surface area contributed by atoms with Crippen LogP contribution in [0, 0.1) is 0 Å². The standard InChI is InChI=1S/C15H20N2O5/c1-3-8-16-13-7-5-4-6-12(13)10-21-14(19)9-15(20)22-17-11(2)18/h4-7,16H,3,8-10H2,1-2H3,(H,17,18). The Morgan fingerprint density at radius 1 is 1.14 bits per heavy atom. The maximum Gasteiger partial charge on any atom is 0.343 e. The molecule has 2 N–H and O–H groups in total. The topological polar surface area (TPSA) is 93.7 Å². The van der Waals surface area contributed by atoms with Crippen molar-refractivity contribution in [2.45, 2.75) is 33.3 Å². The molecule has 0 aliphatic heterocycles. The van der Waals surface area contributed by atoms with Crippen molar-refractivity contribution >= 4 is 23.5 Å². The zero-order valence-electron chi connectivity index (χ0n) is 12.7. The van der Waals surface area contributed by atoms with E-state index in [0.717, 1.165) is 24.2 Å². The van der Waals surface area contributed by atoms with Crippen molar-refractivity contribution in [3.05, 3.63) is 29.8 Å². The van der Waals surface area contributed by atoms with Gasteiger partial charge >= 0.3 is 11.9 Å². The van der Waals surface area contributed by atoms with Crippen LogP contribution in [0.3, 0.4) is 0 Å². The average Bonchev–Trinajstić information content (AvgIpc) is 2.49. The van der Waals surface area contributed by atoms with Crippen molar-refractivity contribution in [1.29, 1.82) is 0 Å². The van der Waals surface area contributed by atoms with E-state index in [9.17, 15) is 14.4 Å². The van der Waals surface area contributed by atoms with Crippen molar-refractivity contribution in [2.75, 3.05) is 11.9 Å². The molecule has 1 aromatic carbocycles. The monoisotopic (exact) mass is 308 g/mol. The van der Waals surface area contributed by atoms with Gasteiger partial charge in [-0.3, -0.25) is 9.59 Å². The maximum atomic E-state index is 11.5. The Morgan fingerprint density at radius 2 is 1.86 bits per heavy atom. The van der Waals surface area contributed by atoms with E-state index in [0.29, 0.717) is 0 Å². The van der Waals surface area contributed by atoms with Crippen LogP contribution in [0.5, 0.6) is 0 Å². The molecule has 22 heavy (non-hydrogen) atoms. The molecule has 0 bridgehead atoms. The number of ether oxygens (including phenoxy) is 1. The van der Waals surface area contributed by atoms with E-state index in [1.165, 1.54) is 6.92 Å². The molecule has 0 unspecified atom stereocenters. The van der Waals surface area contributed by atoms with E-state index in [4.69, 9.17) is 4.74 Å². The van der Waals surface area contributed by atoms with Gasteiger partial charge in [0, 0.05) is 24.7 Å². The Morgan fingerprint density at radius 3 is 2.55 bits per heavy atom. The molecule has 0 saturated heterocycles. The first-order valence-corrected chi connectivity index (χ1v) is 6.96. The minimum atomic E-state index is -0.877. The number of rotatable bonds is 7. The second-order valence-electron chi connectivity index (χ2n) is 4.55. The normalized spacial score (nSPS) is 9.73. The molecule has 0 fully saturated rings.